The van der Waals surface area contributed by atoms with Crippen molar-refractivity contribution in [1.82, 2.24) is 9.88 Å². The van der Waals surface area contributed by atoms with E-state index < -0.39 is 0 Å². The van der Waals surface area contributed by atoms with Crippen molar-refractivity contribution in [1.29, 1.82) is 0 Å². The Morgan fingerprint density at radius 1 is 1.29 bits per heavy atom. The number of hydrogen-bond donors (Lipinski definition) is 1. The van der Waals surface area contributed by atoms with Crippen LogP contribution in [-0.4, -0.2) is 43.1 Å². The van der Waals surface area contributed by atoms with Crippen LogP contribution < -0.4 is 14.8 Å². The van der Waals surface area contributed by atoms with Crippen LogP contribution in [0.4, 0.5) is 5.13 Å². The van der Waals surface area contributed by atoms with Crippen LogP contribution >= 0.6 is 11.3 Å². The number of nitrogens with zero attached hydrogens (tertiary/aromatic N) is 2. The molecule has 0 spiro atoms. The lowest BCUT2D eigenvalue weighted by molar-refractivity contribution is -0.116. The molecule has 1 aliphatic heterocycles. The maximum Gasteiger partial charge on any atom is 0.227 e. The summed E-state index contributed by atoms with van der Waals surface area (Å²) in [6.45, 7) is 2.48. The van der Waals surface area contributed by atoms with Crippen LogP contribution in [0.5, 0.6) is 11.5 Å². The van der Waals surface area contributed by atoms with Gasteiger partial charge in [-0.2, -0.15) is 0 Å². The summed E-state index contributed by atoms with van der Waals surface area (Å²) in [5.74, 6) is 1.52. The third-order valence-corrected chi connectivity index (χ3v) is 4.82. The van der Waals surface area contributed by atoms with E-state index in [1.54, 1.807) is 20.4 Å². The SMILES string of the molecule is COc1cc2c(cc1OC)CN(CCC(=O)Nc1nccs1)CC2. The first-order valence-corrected chi connectivity index (χ1v) is 8.73. The van der Waals surface area contributed by atoms with Gasteiger partial charge < -0.3 is 14.8 Å². The average molecular weight is 347 g/mol. The van der Waals surface area contributed by atoms with E-state index in [0.717, 1.165) is 37.6 Å². The summed E-state index contributed by atoms with van der Waals surface area (Å²) in [6, 6.07) is 4.09. The molecular formula is C17H21N3O3S. The van der Waals surface area contributed by atoms with Crippen molar-refractivity contribution >= 4 is 22.4 Å². The zero-order chi connectivity index (χ0) is 16.9. The summed E-state index contributed by atoms with van der Waals surface area (Å²) < 4.78 is 10.7. The molecule has 2 aromatic rings. The van der Waals surface area contributed by atoms with Gasteiger partial charge in [-0.05, 0) is 29.7 Å². The van der Waals surface area contributed by atoms with Crippen molar-refractivity contribution in [3.8, 4) is 11.5 Å². The van der Waals surface area contributed by atoms with E-state index in [4.69, 9.17) is 9.47 Å². The molecule has 0 saturated carbocycles. The van der Waals surface area contributed by atoms with Gasteiger partial charge in [0.1, 0.15) is 0 Å². The first-order valence-electron chi connectivity index (χ1n) is 7.85. The largest absolute Gasteiger partial charge is 0.493 e. The van der Waals surface area contributed by atoms with Gasteiger partial charge in [-0.1, -0.05) is 0 Å². The minimum absolute atomic E-state index is 0.00283. The van der Waals surface area contributed by atoms with Crippen LogP contribution in [0.1, 0.15) is 17.5 Å². The third kappa shape index (κ3) is 3.85. The van der Waals surface area contributed by atoms with Gasteiger partial charge in [-0.15, -0.1) is 11.3 Å². The predicted molar refractivity (Wildman–Crippen MR) is 93.9 cm³/mol. The quantitative estimate of drug-likeness (QED) is 0.870. The number of rotatable bonds is 6. The summed E-state index contributed by atoms with van der Waals surface area (Å²) in [5, 5.41) is 5.32. The Kier molecular flexibility index (Phi) is 5.32. The molecule has 1 N–H and O–H groups in total. The van der Waals surface area contributed by atoms with E-state index in [-0.39, 0.29) is 5.91 Å². The van der Waals surface area contributed by atoms with Crippen LogP contribution in [0, 0.1) is 0 Å². The minimum Gasteiger partial charge on any atom is -0.493 e. The van der Waals surface area contributed by atoms with E-state index >= 15 is 0 Å². The number of nitrogens with one attached hydrogen (secondary N) is 1. The second kappa shape index (κ2) is 7.63. The van der Waals surface area contributed by atoms with Gasteiger partial charge in [0.15, 0.2) is 16.6 Å². The Hall–Kier alpha value is -2.12. The van der Waals surface area contributed by atoms with E-state index in [1.165, 1.54) is 22.5 Å². The van der Waals surface area contributed by atoms with Crippen molar-refractivity contribution in [3.05, 3.63) is 34.8 Å². The second-order valence-corrected chi connectivity index (χ2v) is 6.53. The first-order chi connectivity index (χ1) is 11.7. The summed E-state index contributed by atoms with van der Waals surface area (Å²) in [4.78, 5) is 18.3. The monoisotopic (exact) mass is 347 g/mol. The lowest BCUT2D eigenvalue weighted by Gasteiger charge is -2.29. The van der Waals surface area contributed by atoms with Gasteiger partial charge in [0.05, 0.1) is 14.2 Å². The van der Waals surface area contributed by atoms with Crippen LogP contribution in [-0.2, 0) is 17.8 Å². The highest BCUT2D eigenvalue weighted by Gasteiger charge is 2.20. The van der Waals surface area contributed by atoms with Crippen LogP contribution in [0.2, 0.25) is 0 Å². The first kappa shape index (κ1) is 16.7. The Morgan fingerprint density at radius 2 is 2.04 bits per heavy atom. The smallest absolute Gasteiger partial charge is 0.227 e. The molecule has 0 radical (unpaired) electrons. The molecule has 7 heteroatoms. The van der Waals surface area contributed by atoms with E-state index in [9.17, 15) is 4.79 Å². The minimum atomic E-state index is 0.00283. The van der Waals surface area contributed by atoms with Gasteiger partial charge in [0.2, 0.25) is 5.91 Å². The summed E-state index contributed by atoms with van der Waals surface area (Å²) >= 11 is 1.43. The maximum atomic E-state index is 12.0. The third-order valence-electron chi connectivity index (χ3n) is 4.13. The number of anilines is 1. The van der Waals surface area contributed by atoms with Crippen molar-refractivity contribution in [3.63, 3.8) is 0 Å². The highest BCUT2D eigenvalue weighted by molar-refractivity contribution is 7.13. The molecule has 24 heavy (non-hydrogen) atoms. The van der Waals surface area contributed by atoms with Crippen molar-refractivity contribution < 1.29 is 14.3 Å². The molecule has 0 bridgehead atoms. The van der Waals surface area contributed by atoms with E-state index in [1.807, 2.05) is 11.4 Å². The molecule has 3 rings (SSSR count). The topological polar surface area (TPSA) is 63.7 Å². The molecule has 2 heterocycles. The number of thiazole rings is 1. The molecule has 0 unspecified atom stereocenters. The summed E-state index contributed by atoms with van der Waals surface area (Å²) in [6.07, 6.45) is 3.09. The molecule has 128 valence electrons. The normalized spacial score (nSPS) is 14.1. The van der Waals surface area contributed by atoms with Gasteiger partial charge in [0.25, 0.3) is 0 Å². The van der Waals surface area contributed by atoms with Crippen molar-refractivity contribution in [2.24, 2.45) is 0 Å². The highest BCUT2D eigenvalue weighted by atomic mass is 32.1. The van der Waals surface area contributed by atoms with Gasteiger partial charge in [-0.25, -0.2) is 4.98 Å². The number of fused-ring (bicyclic) bond motifs is 1. The van der Waals surface area contributed by atoms with E-state index in [2.05, 4.69) is 21.3 Å². The second-order valence-electron chi connectivity index (χ2n) is 5.64. The number of benzene rings is 1. The van der Waals surface area contributed by atoms with Crippen LogP contribution in [0.25, 0.3) is 0 Å². The summed E-state index contributed by atoms with van der Waals surface area (Å²) in [5.41, 5.74) is 2.52. The molecule has 1 aliphatic rings. The molecule has 1 aromatic carbocycles. The number of hydrogen-bond acceptors (Lipinski definition) is 6. The van der Waals surface area contributed by atoms with Crippen molar-refractivity contribution in [2.75, 3.05) is 32.6 Å². The zero-order valence-corrected chi connectivity index (χ0v) is 14.7. The molecule has 0 saturated heterocycles. The summed E-state index contributed by atoms with van der Waals surface area (Å²) in [7, 11) is 3.30. The lowest BCUT2D eigenvalue weighted by atomic mass is 9.98. The zero-order valence-electron chi connectivity index (χ0n) is 13.9. The lowest BCUT2D eigenvalue weighted by Crippen LogP contribution is -2.33. The molecule has 1 amide bonds. The van der Waals surface area contributed by atoms with Gasteiger partial charge in [0, 0.05) is 37.6 Å². The fourth-order valence-corrected chi connectivity index (χ4v) is 3.40. The van der Waals surface area contributed by atoms with E-state index in [0.29, 0.717) is 11.6 Å². The molecule has 6 nitrogen and oxygen atoms in total. The number of amides is 1. The molecule has 0 aliphatic carbocycles. The number of carbonyl (C=O) groups is 1. The Balaban J connectivity index is 1.57. The molecule has 0 atom stereocenters. The predicted octanol–water partition coefficient (Wildman–Crippen LogP) is 2.55. The Bertz CT molecular complexity index is 703. The Morgan fingerprint density at radius 3 is 2.71 bits per heavy atom. The van der Waals surface area contributed by atoms with Crippen LogP contribution in [0.15, 0.2) is 23.7 Å². The van der Waals surface area contributed by atoms with Gasteiger partial charge >= 0.3 is 0 Å². The molecule has 1 aromatic heterocycles. The average Bonchev–Trinajstić information content (AvgIpc) is 3.11. The highest BCUT2D eigenvalue weighted by Crippen LogP contribution is 2.33. The van der Waals surface area contributed by atoms with Crippen LogP contribution in [0.3, 0.4) is 0 Å². The fourth-order valence-electron chi connectivity index (χ4n) is 2.86. The number of carbonyl (C=O) groups excluding carboxylic acids is 1. The van der Waals surface area contributed by atoms with Crippen molar-refractivity contribution in [2.45, 2.75) is 19.4 Å². The number of methoxy groups -OCH3 is 2. The standard InChI is InChI=1S/C17H21N3O3S/c1-22-14-9-12-3-6-20(11-13(12)10-15(14)23-2)7-4-16(21)19-17-18-5-8-24-17/h5,8-10H,3-4,6-7,11H2,1-2H3,(H,18,19,21). The fraction of sp³-hybridized carbons (Fsp3) is 0.412. The molecular weight excluding hydrogens is 326 g/mol. The number of aromatic nitrogens is 1. The molecule has 0 fully saturated rings. The number of ether oxygens (including phenoxy) is 2. The Labute approximate surface area is 145 Å². The maximum absolute atomic E-state index is 12.0. The van der Waals surface area contributed by atoms with Gasteiger partial charge in [-0.3, -0.25) is 9.69 Å².